The highest BCUT2D eigenvalue weighted by molar-refractivity contribution is 7.94. The first kappa shape index (κ1) is 25.8. The zero-order chi connectivity index (χ0) is 25.8. The van der Waals surface area contributed by atoms with E-state index in [0.717, 1.165) is 80.7 Å². The van der Waals surface area contributed by atoms with Gasteiger partial charge in [0.15, 0.2) is 9.84 Å². The maximum atomic E-state index is 13.1. The summed E-state index contributed by atoms with van der Waals surface area (Å²) in [4.78, 5) is 21.5. The number of benzene rings is 1. The lowest BCUT2D eigenvalue weighted by molar-refractivity contribution is -0.445. The molecule has 0 N–H and O–H groups in total. The molecule has 1 aromatic carbocycles. The third-order valence-corrected chi connectivity index (χ3v) is 9.16. The van der Waals surface area contributed by atoms with Gasteiger partial charge < -0.3 is 4.74 Å². The second kappa shape index (κ2) is 11.2. The Morgan fingerprint density at radius 1 is 1.08 bits per heavy atom. The summed E-state index contributed by atoms with van der Waals surface area (Å²) in [7, 11) is -3.53. The van der Waals surface area contributed by atoms with Crippen molar-refractivity contribution in [2.24, 2.45) is 0 Å². The van der Waals surface area contributed by atoms with Crippen molar-refractivity contribution in [3.63, 3.8) is 0 Å². The van der Waals surface area contributed by atoms with Crippen LogP contribution in [-0.4, -0.2) is 72.9 Å². The van der Waals surface area contributed by atoms with Gasteiger partial charge >= 0.3 is 6.03 Å². The zero-order valence-electron chi connectivity index (χ0n) is 21.2. The van der Waals surface area contributed by atoms with E-state index in [-0.39, 0.29) is 10.9 Å². The second-order valence-electron chi connectivity index (χ2n) is 10.2. The number of aromatic nitrogens is 1. The average Bonchev–Trinajstić information content (AvgIpc) is 3.22. The Balaban J connectivity index is 1.18. The van der Waals surface area contributed by atoms with Gasteiger partial charge in [0.25, 0.3) is 0 Å². The summed E-state index contributed by atoms with van der Waals surface area (Å²) < 4.78 is 33.2. The summed E-state index contributed by atoms with van der Waals surface area (Å²) >= 11 is 0. The quantitative estimate of drug-likeness (QED) is 0.439. The van der Waals surface area contributed by atoms with Crippen LogP contribution < -0.4 is 0 Å². The molecule has 3 aliphatic heterocycles. The minimum absolute atomic E-state index is 0.166. The highest BCUT2D eigenvalue weighted by atomic mass is 32.2. The molecule has 0 atom stereocenters. The monoisotopic (exact) mass is 523 g/mol. The highest BCUT2D eigenvalue weighted by Crippen LogP contribution is 2.25. The number of sulfone groups is 1. The fraction of sp³-hybridized carbons (Fsp3) is 0.464. The molecule has 0 saturated carbocycles. The number of nitrogens with zero attached hydrogens (tertiary/aromatic N) is 4. The average molecular weight is 524 g/mol. The molecule has 9 heteroatoms. The number of hydrogen-bond acceptors (Lipinski definition) is 6. The summed E-state index contributed by atoms with van der Waals surface area (Å²) in [6.07, 6.45) is 8.21. The number of ether oxygens (including phenoxy) is 1. The minimum Gasteiger partial charge on any atom is -0.381 e. The zero-order valence-corrected chi connectivity index (χ0v) is 22.0. The third-order valence-electron chi connectivity index (χ3n) is 7.59. The summed E-state index contributed by atoms with van der Waals surface area (Å²) in [6.45, 7) is 8.84. The summed E-state index contributed by atoms with van der Waals surface area (Å²) in [6, 6.07) is 9.10. The van der Waals surface area contributed by atoms with E-state index in [0.29, 0.717) is 25.7 Å². The molecule has 2 saturated heterocycles. The molecule has 0 spiro atoms. The molecule has 0 aliphatic carbocycles. The molecule has 3 aliphatic rings. The van der Waals surface area contributed by atoms with Gasteiger partial charge in [-0.3, -0.25) is 9.88 Å². The molecule has 0 radical (unpaired) electrons. The standard InChI is InChI=1S/C28H35N4O4S/c1-30(28(33)32-19-24-8-12-29-17-25(24)20-32)18-22-4-6-27(7-5-22)37(34,35)21-23-3-2-13-31(14-9-23)26-10-15-36-16-11-26/h4-8,12,17,21,26H,1-3,9-11,13-16,18-20H2/q+1. The van der Waals surface area contributed by atoms with Crippen molar-refractivity contribution < 1.29 is 22.5 Å². The van der Waals surface area contributed by atoms with Gasteiger partial charge in [0.05, 0.1) is 11.6 Å². The Morgan fingerprint density at radius 3 is 2.59 bits per heavy atom. The number of amides is 2. The number of likely N-dealkylation sites (tertiary alicyclic amines) is 1. The van der Waals surface area contributed by atoms with Crippen LogP contribution in [0.25, 0.3) is 0 Å². The third kappa shape index (κ3) is 6.17. The van der Waals surface area contributed by atoms with Crippen molar-refractivity contribution in [2.45, 2.75) is 62.7 Å². The van der Waals surface area contributed by atoms with Crippen molar-refractivity contribution in [1.82, 2.24) is 14.8 Å². The first-order valence-corrected chi connectivity index (χ1v) is 14.6. The van der Waals surface area contributed by atoms with E-state index < -0.39 is 9.84 Å². The van der Waals surface area contributed by atoms with Crippen LogP contribution in [-0.2, 0) is 34.2 Å². The Kier molecular flexibility index (Phi) is 7.83. The van der Waals surface area contributed by atoms with Gasteiger partial charge in [-0.25, -0.2) is 17.9 Å². The molecule has 1 aromatic heterocycles. The van der Waals surface area contributed by atoms with Crippen LogP contribution in [0.5, 0.6) is 0 Å². The van der Waals surface area contributed by atoms with Gasteiger partial charge in [0.1, 0.15) is 19.6 Å². The van der Waals surface area contributed by atoms with Crippen molar-refractivity contribution in [1.29, 1.82) is 0 Å². The molecule has 5 rings (SSSR count). The van der Waals surface area contributed by atoms with Crippen LogP contribution in [0.3, 0.4) is 0 Å². The van der Waals surface area contributed by atoms with Gasteiger partial charge in [-0.15, -0.1) is 0 Å². The second-order valence-corrected chi connectivity index (χ2v) is 12.0. The number of carbonyl (C=O) groups is 1. The summed E-state index contributed by atoms with van der Waals surface area (Å²) in [5, 5.41) is 1.48. The van der Waals surface area contributed by atoms with E-state index in [4.69, 9.17) is 4.74 Å². The first-order valence-electron chi connectivity index (χ1n) is 13.0. The van der Waals surface area contributed by atoms with Gasteiger partial charge in [-0.1, -0.05) is 17.7 Å². The van der Waals surface area contributed by atoms with Gasteiger partial charge in [0.2, 0.25) is 0 Å². The van der Waals surface area contributed by atoms with E-state index in [1.807, 2.05) is 6.07 Å². The SMILES string of the molecule is C=[N+](Cc1ccc(S(=O)(=O)C=C2CCCN(C3CCOCC3)CC2)cc1)C(=O)N1Cc2ccncc2C1. The van der Waals surface area contributed by atoms with Crippen LogP contribution in [0.1, 0.15) is 48.8 Å². The maximum Gasteiger partial charge on any atom is 0.493 e. The smallest absolute Gasteiger partial charge is 0.381 e. The van der Waals surface area contributed by atoms with E-state index >= 15 is 0 Å². The lowest BCUT2D eigenvalue weighted by atomic mass is 10.1. The topological polar surface area (TPSA) is 82.8 Å². The van der Waals surface area contributed by atoms with E-state index in [1.165, 1.54) is 9.98 Å². The van der Waals surface area contributed by atoms with Crippen LogP contribution in [0.4, 0.5) is 4.79 Å². The van der Waals surface area contributed by atoms with Gasteiger partial charge in [0, 0.05) is 54.7 Å². The lowest BCUT2D eigenvalue weighted by Crippen LogP contribution is -2.39. The Labute approximate surface area is 219 Å². The maximum absolute atomic E-state index is 13.1. The number of rotatable bonds is 5. The summed E-state index contributed by atoms with van der Waals surface area (Å²) in [5.74, 6) is 0. The van der Waals surface area contributed by atoms with Crippen LogP contribution in [0, 0.1) is 0 Å². The molecule has 0 bridgehead atoms. The number of hydrogen-bond donors (Lipinski definition) is 0. The highest BCUT2D eigenvalue weighted by Gasteiger charge is 2.32. The number of urea groups is 1. The van der Waals surface area contributed by atoms with E-state index in [1.54, 1.807) is 41.6 Å². The van der Waals surface area contributed by atoms with Crippen molar-refractivity contribution in [2.75, 3.05) is 26.3 Å². The molecule has 0 unspecified atom stereocenters. The van der Waals surface area contributed by atoms with Crippen LogP contribution >= 0.6 is 0 Å². The predicted molar refractivity (Wildman–Crippen MR) is 141 cm³/mol. The molecule has 196 valence electrons. The largest absolute Gasteiger partial charge is 0.493 e. The van der Waals surface area contributed by atoms with Crippen molar-refractivity contribution in [3.8, 4) is 0 Å². The molecule has 2 aromatic rings. The van der Waals surface area contributed by atoms with E-state index in [9.17, 15) is 13.2 Å². The normalized spacial score (nSPS) is 20.5. The number of carbonyl (C=O) groups excluding carboxylic acids is 1. The van der Waals surface area contributed by atoms with E-state index in [2.05, 4.69) is 16.6 Å². The predicted octanol–water partition coefficient (Wildman–Crippen LogP) is 3.75. The molecule has 8 nitrogen and oxygen atoms in total. The Hall–Kier alpha value is -2.88. The molecular formula is C28H35N4O4S+. The van der Waals surface area contributed by atoms with Gasteiger partial charge in [-0.2, -0.15) is 4.79 Å². The molecule has 37 heavy (non-hydrogen) atoms. The Bertz CT molecular complexity index is 1260. The number of fused-ring (bicyclic) bond motifs is 1. The van der Waals surface area contributed by atoms with Crippen LogP contribution in [0.2, 0.25) is 0 Å². The fourth-order valence-electron chi connectivity index (χ4n) is 5.48. The minimum atomic E-state index is -3.53. The lowest BCUT2D eigenvalue weighted by Gasteiger charge is -2.33. The van der Waals surface area contributed by atoms with Gasteiger partial charge in [-0.05, 0) is 62.4 Å². The van der Waals surface area contributed by atoms with Crippen molar-refractivity contribution >= 4 is 22.6 Å². The summed E-state index contributed by atoms with van der Waals surface area (Å²) in [5.41, 5.74) is 3.98. The fourth-order valence-corrected chi connectivity index (χ4v) is 6.81. The molecular weight excluding hydrogens is 488 g/mol. The molecule has 2 amide bonds. The Morgan fingerprint density at radius 2 is 1.84 bits per heavy atom. The molecule has 2 fully saturated rings. The first-order chi connectivity index (χ1) is 17.9. The van der Waals surface area contributed by atoms with Crippen LogP contribution in [0.15, 0.2) is 58.6 Å². The number of pyridine rings is 1. The van der Waals surface area contributed by atoms with Crippen molar-refractivity contribution in [3.05, 3.63) is 70.4 Å². The molecule has 4 heterocycles.